The van der Waals surface area contributed by atoms with Crippen LogP contribution in [0.5, 0.6) is 5.75 Å². The summed E-state index contributed by atoms with van der Waals surface area (Å²) in [6, 6.07) is 5.61. The van der Waals surface area contributed by atoms with Gasteiger partial charge in [0.05, 0.1) is 12.1 Å². The van der Waals surface area contributed by atoms with Crippen molar-refractivity contribution in [2.75, 3.05) is 17.0 Å². The minimum absolute atomic E-state index is 0.00160. The second kappa shape index (κ2) is 5.28. The van der Waals surface area contributed by atoms with E-state index in [4.69, 9.17) is 5.11 Å². The van der Waals surface area contributed by atoms with E-state index in [1.165, 1.54) is 24.3 Å². The Morgan fingerprint density at radius 3 is 2.29 bits per heavy atom. The lowest BCUT2D eigenvalue weighted by molar-refractivity contribution is 0.203. The van der Waals surface area contributed by atoms with Crippen LogP contribution >= 0.6 is 12.6 Å². The van der Waals surface area contributed by atoms with Gasteiger partial charge in [0.1, 0.15) is 5.75 Å². The van der Waals surface area contributed by atoms with Crippen molar-refractivity contribution in [3.05, 3.63) is 24.3 Å². The molecule has 0 saturated carbocycles. The highest BCUT2D eigenvalue weighted by molar-refractivity contribution is 7.86. The third-order valence-electron chi connectivity index (χ3n) is 1.77. The molecule has 1 rings (SSSR count). The second-order valence-corrected chi connectivity index (χ2v) is 4.99. The van der Waals surface area contributed by atoms with Gasteiger partial charge < -0.3 is 9.29 Å². The van der Waals surface area contributed by atoms with Crippen LogP contribution in [0.1, 0.15) is 0 Å². The first kappa shape index (κ1) is 13.7. The number of thiol groups is 1. The summed E-state index contributed by atoms with van der Waals surface area (Å²) in [4.78, 5) is 11.8. The van der Waals surface area contributed by atoms with Gasteiger partial charge >= 0.3 is 16.2 Å². The molecule has 1 amide bonds. The van der Waals surface area contributed by atoms with E-state index in [0.29, 0.717) is 5.69 Å². The van der Waals surface area contributed by atoms with Crippen molar-refractivity contribution in [1.29, 1.82) is 0 Å². The molecule has 0 aliphatic rings. The maximum absolute atomic E-state index is 10.8. The number of carbonyl (C=O) groups is 1. The summed E-state index contributed by atoms with van der Waals surface area (Å²) in [6.45, 7) is 0. The minimum atomic E-state index is -3.58. The summed E-state index contributed by atoms with van der Waals surface area (Å²) in [5, 5.41) is 8.83. The fraction of sp³-hybridized carbons (Fsp3) is 0.222. The van der Waals surface area contributed by atoms with E-state index in [9.17, 15) is 13.2 Å². The van der Waals surface area contributed by atoms with Crippen molar-refractivity contribution in [3.8, 4) is 5.75 Å². The molecule has 0 bridgehead atoms. The van der Waals surface area contributed by atoms with Crippen LogP contribution in [0.2, 0.25) is 0 Å². The van der Waals surface area contributed by atoms with Crippen LogP contribution in [0.4, 0.5) is 10.5 Å². The van der Waals surface area contributed by atoms with E-state index in [0.717, 1.165) is 11.2 Å². The highest BCUT2D eigenvalue weighted by Crippen LogP contribution is 2.20. The summed E-state index contributed by atoms with van der Waals surface area (Å²) >= 11 is 3.88. The second-order valence-electron chi connectivity index (χ2n) is 3.13. The number of nitrogens with zero attached hydrogens (tertiary/aromatic N) is 1. The Balaban J connectivity index is 2.91. The van der Waals surface area contributed by atoms with Crippen molar-refractivity contribution in [1.82, 2.24) is 0 Å². The molecule has 17 heavy (non-hydrogen) atoms. The van der Waals surface area contributed by atoms with Crippen LogP contribution in [-0.4, -0.2) is 31.8 Å². The van der Waals surface area contributed by atoms with Crippen LogP contribution in [-0.2, 0) is 10.1 Å². The fourth-order valence-corrected chi connectivity index (χ4v) is 1.85. The van der Waals surface area contributed by atoms with Gasteiger partial charge in [0.15, 0.2) is 0 Å². The lowest BCUT2D eigenvalue weighted by atomic mass is 10.3. The number of anilines is 1. The van der Waals surface area contributed by atoms with Crippen LogP contribution in [0, 0.1) is 0 Å². The van der Waals surface area contributed by atoms with Gasteiger partial charge in [0.2, 0.25) is 0 Å². The number of rotatable bonds is 4. The standard InChI is InChI=1S/C9H11NO5S2/c1-17(13,14)15-8-4-2-7(3-5-8)10(6-16)9(11)12/h2-5,16H,6H2,1H3,(H,11,12). The van der Waals surface area contributed by atoms with Crippen LogP contribution in [0.25, 0.3) is 0 Å². The molecule has 0 spiro atoms. The largest absolute Gasteiger partial charge is 0.465 e. The van der Waals surface area contributed by atoms with Gasteiger partial charge in [0, 0.05) is 5.69 Å². The lowest BCUT2D eigenvalue weighted by Gasteiger charge is -2.16. The van der Waals surface area contributed by atoms with E-state index in [1.54, 1.807) is 0 Å². The summed E-state index contributed by atoms with van der Waals surface area (Å²) < 4.78 is 26.3. The first-order valence-electron chi connectivity index (χ1n) is 4.44. The van der Waals surface area contributed by atoms with Crippen molar-refractivity contribution in [3.63, 3.8) is 0 Å². The molecule has 0 saturated heterocycles. The normalized spacial score (nSPS) is 10.9. The SMILES string of the molecule is CS(=O)(=O)Oc1ccc(N(CS)C(=O)O)cc1. The summed E-state index contributed by atoms with van der Waals surface area (Å²) in [7, 11) is -3.58. The predicted octanol–water partition coefficient (Wildman–Crippen LogP) is 1.40. The number of hydrogen-bond donors (Lipinski definition) is 2. The molecule has 0 atom stereocenters. The molecule has 0 aliphatic carbocycles. The van der Waals surface area contributed by atoms with Gasteiger partial charge in [-0.15, -0.1) is 0 Å². The Hall–Kier alpha value is -1.41. The summed E-state index contributed by atoms with van der Waals surface area (Å²) in [5.41, 5.74) is 0.383. The molecule has 8 heteroatoms. The molecular weight excluding hydrogens is 266 g/mol. The molecule has 6 nitrogen and oxygen atoms in total. The number of benzene rings is 1. The molecule has 1 aromatic rings. The quantitative estimate of drug-likeness (QED) is 0.493. The molecule has 0 unspecified atom stereocenters. The van der Waals surface area contributed by atoms with Crippen molar-refractivity contribution in [2.24, 2.45) is 0 Å². The van der Waals surface area contributed by atoms with E-state index < -0.39 is 16.2 Å². The van der Waals surface area contributed by atoms with Gasteiger partial charge in [-0.25, -0.2) is 4.79 Å². The molecule has 0 aliphatic heterocycles. The van der Waals surface area contributed by atoms with E-state index in [1.807, 2.05) is 0 Å². The summed E-state index contributed by atoms with van der Waals surface area (Å²) in [6.07, 6.45) is -0.213. The summed E-state index contributed by atoms with van der Waals surface area (Å²) in [5.74, 6) is 0.127. The molecule has 94 valence electrons. The zero-order chi connectivity index (χ0) is 13.1. The Kier molecular flexibility index (Phi) is 4.24. The number of amides is 1. The van der Waals surface area contributed by atoms with Gasteiger partial charge in [-0.3, -0.25) is 4.90 Å². The Morgan fingerprint density at radius 2 is 1.94 bits per heavy atom. The average molecular weight is 277 g/mol. The Morgan fingerprint density at radius 1 is 1.41 bits per heavy atom. The molecule has 0 heterocycles. The van der Waals surface area contributed by atoms with E-state index >= 15 is 0 Å². The van der Waals surface area contributed by atoms with Gasteiger partial charge in [-0.1, -0.05) is 0 Å². The first-order chi connectivity index (χ1) is 7.83. The predicted molar refractivity (Wildman–Crippen MR) is 66.3 cm³/mol. The maximum atomic E-state index is 10.8. The topological polar surface area (TPSA) is 83.9 Å². The highest BCUT2D eigenvalue weighted by Gasteiger charge is 2.12. The van der Waals surface area contributed by atoms with Crippen molar-refractivity contribution >= 4 is 34.5 Å². The van der Waals surface area contributed by atoms with Gasteiger partial charge in [0.25, 0.3) is 0 Å². The lowest BCUT2D eigenvalue weighted by Crippen LogP contribution is -2.27. The zero-order valence-corrected chi connectivity index (χ0v) is 10.6. The smallest absolute Gasteiger partial charge is 0.412 e. The zero-order valence-electron chi connectivity index (χ0n) is 8.90. The van der Waals surface area contributed by atoms with E-state index in [2.05, 4.69) is 16.8 Å². The fourth-order valence-electron chi connectivity index (χ4n) is 1.11. The van der Waals surface area contributed by atoms with Crippen molar-refractivity contribution in [2.45, 2.75) is 0 Å². The van der Waals surface area contributed by atoms with E-state index in [-0.39, 0.29) is 11.6 Å². The Labute approximate surface area is 104 Å². The minimum Gasteiger partial charge on any atom is -0.465 e. The third-order valence-corrected chi connectivity index (χ3v) is 2.55. The van der Waals surface area contributed by atoms with Gasteiger partial charge in [-0.2, -0.15) is 21.0 Å². The maximum Gasteiger partial charge on any atom is 0.412 e. The van der Waals surface area contributed by atoms with Crippen LogP contribution < -0.4 is 9.08 Å². The molecule has 1 N–H and O–H groups in total. The third kappa shape index (κ3) is 4.16. The average Bonchev–Trinajstić information content (AvgIpc) is 2.18. The molecule has 1 aromatic carbocycles. The first-order valence-corrected chi connectivity index (χ1v) is 6.89. The molecule has 0 aromatic heterocycles. The molecule has 0 fully saturated rings. The monoisotopic (exact) mass is 277 g/mol. The van der Waals surface area contributed by atoms with Crippen LogP contribution in [0.3, 0.4) is 0 Å². The van der Waals surface area contributed by atoms with Gasteiger partial charge in [-0.05, 0) is 24.3 Å². The highest BCUT2D eigenvalue weighted by atomic mass is 32.2. The molecule has 0 radical (unpaired) electrons. The van der Waals surface area contributed by atoms with Crippen molar-refractivity contribution < 1.29 is 22.5 Å². The molecular formula is C9H11NO5S2. The van der Waals surface area contributed by atoms with Crippen LogP contribution in [0.15, 0.2) is 24.3 Å². The number of carboxylic acid groups (broad SMARTS) is 1. The number of hydrogen-bond acceptors (Lipinski definition) is 5. The Bertz CT molecular complexity index is 497.